The van der Waals surface area contributed by atoms with E-state index >= 15 is 0 Å². The highest BCUT2D eigenvalue weighted by Gasteiger charge is 2.20. The molecule has 1 fully saturated rings. The Morgan fingerprint density at radius 1 is 1.32 bits per heavy atom. The van der Waals surface area contributed by atoms with Gasteiger partial charge in [-0.25, -0.2) is 4.39 Å². The van der Waals surface area contributed by atoms with Crippen molar-refractivity contribution in [2.45, 2.75) is 51.5 Å². The van der Waals surface area contributed by atoms with Crippen molar-refractivity contribution < 1.29 is 4.39 Å². The maximum Gasteiger partial charge on any atom is 0.142 e. The first-order valence-corrected chi connectivity index (χ1v) is 7.74. The highest BCUT2D eigenvalue weighted by molar-refractivity contribution is 6.30. The monoisotopic (exact) mass is 283 g/mol. The molecule has 0 aliphatic heterocycles. The molecule has 19 heavy (non-hydrogen) atoms. The lowest BCUT2D eigenvalue weighted by molar-refractivity contribution is 0.389. The number of halogens is 2. The van der Waals surface area contributed by atoms with Crippen molar-refractivity contribution in [3.8, 4) is 0 Å². The molecule has 2 rings (SSSR count). The van der Waals surface area contributed by atoms with Gasteiger partial charge in [0, 0.05) is 6.04 Å². The summed E-state index contributed by atoms with van der Waals surface area (Å²) in [7, 11) is 0. The van der Waals surface area contributed by atoms with E-state index in [1.54, 1.807) is 12.1 Å². The molecule has 0 aromatic heterocycles. The fourth-order valence-corrected chi connectivity index (χ4v) is 3.24. The van der Waals surface area contributed by atoms with Crippen LogP contribution in [0.5, 0.6) is 0 Å². The van der Waals surface area contributed by atoms with Crippen molar-refractivity contribution in [1.29, 1.82) is 0 Å². The predicted octanol–water partition coefficient (Wildman–Crippen LogP) is 4.58. The van der Waals surface area contributed by atoms with Gasteiger partial charge < -0.3 is 5.32 Å². The van der Waals surface area contributed by atoms with Gasteiger partial charge in [-0.1, -0.05) is 43.9 Å². The quantitative estimate of drug-likeness (QED) is 0.798. The van der Waals surface area contributed by atoms with Crippen LogP contribution in [0, 0.1) is 11.7 Å². The van der Waals surface area contributed by atoms with Crippen LogP contribution in [0.2, 0.25) is 5.02 Å². The SMILES string of the molecule is CCNC1CCCCC(Cc2ccc(Cl)c(F)c2)C1. The van der Waals surface area contributed by atoms with Crippen molar-refractivity contribution in [2.75, 3.05) is 6.54 Å². The van der Waals surface area contributed by atoms with Crippen molar-refractivity contribution in [2.24, 2.45) is 5.92 Å². The van der Waals surface area contributed by atoms with Gasteiger partial charge in [0.05, 0.1) is 5.02 Å². The molecule has 1 aromatic carbocycles. The molecule has 0 saturated heterocycles. The minimum atomic E-state index is -0.295. The molecular weight excluding hydrogens is 261 g/mol. The van der Waals surface area contributed by atoms with Gasteiger partial charge in [0.2, 0.25) is 0 Å². The van der Waals surface area contributed by atoms with Crippen LogP contribution in [0.15, 0.2) is 18.2 Å². The summed E-state index contributed by atoms with van der Waals surface area (Å²) >= 11 is 5.73. The first-order chi connectivity index (χ1) is 9.19. The van der Waals surface area contributed by atoms with Crippen LogP contribution in [0.1, 0.15) is 44.6 Å². The molecule has 1 aliphatic carbocycles. The molecule has 106 valence electrons. The van der Waals surface area contributed by atoms with Gasteiger partial charge in [-0.15, -0.1) is 0 Å². The first-order valence-electron chi connectivity index (χ1n) is 7.36. The molecule has 1 N–H and O–H groups in total. The molecule has 2 atom stereocenters. The molecule has 0 bridgehead atoms. The number of rotatable bonds is 4. The molecule has 1 aromatic rings. The van der Waals surface area contributed by atoms with E-state index in [4.69, 9.17) is 11.6 Å². The van der Waals surface area contributed by atoms with Crippen LogP contribution in [-0.2, 0) is 6.42 Å². The third-order valence-electron chi connectivity index (χ3n) is 4.03. The topological polar surface area (TPSA) is 12.0 Å². The van der Waals surface area contributed by atoms with E-state index in [9.17, 15) is 4.39 Å². The van der Waals surface area contributed by atoms with E-state index < -0.39 is 0 Å². The Bertz CT molecular complexity index is 408. The number of nitrogens with one attached hydrogen (secondary N) is 1. The average molecular weight is 284 g/mol. The summed E-state index contributed by atoms with van der Waals surface area (Å²) < 4.78 is 13.5. The van der Waals surface area contributed by atoms with E-state index in [2.05, 4.69) is 12.2 Å². The molecule has 0 heterocycles. The summed E-state index contributed by atoms with van der Waals surface area (Å²) in [4.78, 5) is 0. The molecule has 1 nitrogen and oxygen atoms in total. The lowest BCUT2D eigenvalue weighted by atomic mass is 9.91. The Morgan fingerprint density at radius 3 is 2.84 bits per heavy atom. The van der Waals surface area contributed by atoms with E-state index in [0.717, 1.165) is 18.5 Å². The van der Waals surface area contributed by atoms with Gasteiger partial charge in [0.25, 0.3) is 0 Å². The van der Waals surface area contributed by atoms with E-state index in [1.807, 2.05) is 6.07 Å². The smallest absolute Gasteiger partial charge is 0.142 e. The maximum atomic E-state index is 13.5. The lowest BCUT2D eigenvalue weighted by Gasteiger charge is -2.20. The Morgan fingerprint density at radius 2 is 2.11 bits per heavy atom. The maximum absolute atomic E-state index is 13.5. The van der Waals surface area contributed by atoms with E-state index in [-0.39, 0.29) is 10.8 Å². The fourth-order valence-electron chi connectivity index (χ4n) is 3.12. The Kier molecular flexibility index (Phi) is 5.65. The van der Waals surface area contributed by atoms with Gasteiger partial charge in [0.1, 0.15) is 5.82 Å². The second-order valence-corrected chi connectivity index (χ2v) is 6.00. The zero-order valence-corrected chi connectivity index (χ0v) is 12.3. The van der Waals surface area contributed by atoms with Crippen molar-refractivity contribution in [3.63, 3.8) is 0 Å². The molecule has 2 unspecified atom stereocenters. The molecule has 1 saturated carbocycles. The minimum absolute atomic E-state index is 0.218. The Labute approximate surface area is 120 Å². The van der Waals surface area contributed by atoms with Gasteiger partial charge in [-0.05, 0) is 49.4 Å². The predicted molar refractivity (Wildman–Crippen MR) is 79.2 cm³/mol. The van der Waals surface area contributed by atoms with Crippen molar-refractivity contribution in [1.82, 2.24) is 5.32 Å². The van der Waals surface area contributed by atoms with E-state index in [0.29, 0.717) is 12.0 Å². The van der Waals surface area contributed by atoms with Crippen LogP contribution in [0.4, 0.5) is 4.39 Å². The normalized spacial score (nSPS) is 24.2. The zero-order valence-electron chi connectivity index (χ0n) is 11.6. The van der Waals surface area contributed by atoms with Crippen LogP contribution in [0.25, 0.3) is 0 Å². The summed E-state index contributed by atoms with van der Waals surface area (Å²) in [6.45, 7) is 3.20. The molecule has 0 spiro atoms. The molecular formula is C16H23ClFN. The van der Waals surface area contributed by atoms with Gasteiger partial charge in [-0.3, -0.25) is 0 Å². The third kappa shape index (κ3) is 4.47. The standard InChI is InChI=1S/C16H23ClFN/c1-2-19-14-6-4-3-5-12(10-14)9-13-7-8-15(17)16(18)11-13/h7-8,11-12,14,19H,2-6,9-10H2,1H3. The zero-order chi connectivity index (χ0) is 13.7. The summed E-state index contributed by atoms with van der Waals surface area (Å²) in [5.74, 6) is 0.364. The molecule has 3 heteroatoms. The van der Waals surface area contributed by atoms with Crippen LogP contribution in [0.3, 0.4) is 0 Å². The van der Waals surface area contributed by atoms with Crippen LogP contribution >= 0.6 is 11.6 Å². The number of benzene rings is 1. The van der Waals surface area contributed by atoms with E-state index in [1.165, 1.54) is 32.1 Å². The fraction of sp³-hybridized carbons (Fsp3) is 0.625. The summed E-state index contributed by atoms with van der Waals surface area (Å²) in [6, 6.07) is 5.85. The second kappa shape index (κ2) is 7.25. The molecule has 0 amide bonds. The third-order valence-corrected chi connectivity index (χ3v) is 4.34. The van der Waals surface area contributed by atoms with Gasteiger partial charge in [0.15, 0.2) is 0 Å². The summed E-state index contributed by atoms with van der Waals surface area (Å²) in [5.41, 5.74) is 1.07. The Hall–Kier alpha value is -0.600. The Balaban J connectivity index is 1.97. The minimum Gasteiger partial charge on any atom is -0.314 e. The molecule has 1 aliphatic rings. The van der Waals surface area contributed by atoms with Crippen LogP contribution < -0.4 is 5.32 Å². The van der Waals surface area contributed by atoms with Gasteiger partial charge in [-0.2, -0.15) is 0 Å². The molecule has 0 radical (unpaired) electrons. The summed E-state index contributed by atoms with van der Waals surface area (Å²) in [6.07, 6.45) is 7.31. The van der Waals surface area contributed by atoms with Gasteiger partial charge >= 0.3 is 0 Å². The lowest BCUT2D eigenvalue weighted by Crippen LogP contribution is -2.30. The average Bonchev–Trinajstić information content (AvgIpc) is 2.60. The summed E-state index contributed by atoms with van der Waals surface area (Å²) in [5, 5.41) is 3.78. The largest absolute Gasteiger partial charge is 0.314 e. The van der Waals surface area contributed by atoms with Crippen molar-refractivity contribution in [3.05, 3.63) is 34.6 Å². The number of hydrogen-bond acceptors (Lipinski definition) is 1. The number of hydrogen-bond donors (Lipinski definition) is 1. The van der Waals surface area contributed by atoms with Crippen LogP contribution in [-0.4, -0.2) is 12.6 Å². The first kappa shape index (κ1) is 14.8. The van der Waals surface area contributed by atoms with Crippen molar-refractivity contribution >= 4 is 11.6 Å². The highest BCUT2D eigenvalue weighted by Crippen LogP contribution is 2.27. The highest BCUT2D eigenvalue weighted by atomic mass is 35.5. The second-order valence-electron chi connectivity index (χ2n) is 5.59.